The van der Waals surface area contributed by atoms with E-state index in [0.717, 1.165) is 25.7 Å². The molecule has 0 spiro atoms. The number of nitrogens with one attached hydrogen (secondary N) is 2. The number of hydrogen-bond donors (Lipinski definition) is 3. The summed E-state index contributed by atoms with van der Waals surface area (Å²) in [7, 11) is 0. The Labute approximate surface area is 235 Å². The van der Waals surface area contributed by atoms with Crippen molar-refractivity contribution >= 4 is 35.9 Å². The van der Waals surface area contributed by atoms with E-state index in [1.807, 2.05) is 6.92 Å². The van der Waals surface area contributed by atoms with Gasteiger partial charge < -0.3 is 30.0 Å². The number of carbonyl (C=O) groups excluding carboxylic acids is 5. The minimum absolute atomic E-state index is 0.000496. The molecular weight excluding hydrogens is 520 g/mol. The van der Waals surface area contributed by atoms with Crippen LogP contribution in [0, 0.1) is 11.8 Å². The Balaban J connectivity index is 2.33. The highest BCUT2D eigenvalue weighted by atomic mass is 16.6. The van der Waals surface area contributed by atoms with E-state index in [4.69, 9.17) is 14.2 Å². The van der Waals surface area contributed by atoms with E-state index >= 15 is 0 Å². The Morgan fingerprint density at radius 1 is 1.05 bits per heavy atom. The van der Waals surface area contributed by atoms with Gasteiger partial charge in [0, 0.05) is 0 Å². The van der Waals surface area contributed by atoms with Crippen LogP contribution in [0.2, 0.25) is 0 Å². The summed E-state index contributed by atoms with van der Waals surface area (Å²) in [5.41, 5.74) is -0.211. The van der Waals surface area contributed by atoms with Crippen molar-refractivity contribution in [2.24, 2.45) is 11.8 Å². The predicted octanol–water partition coefficient (Wildman–Crippen LogP) is 3.87. The van der Waals surface area contributed by atoms with Crippen molar-refractivity contribution in [1.82, 2.24) is 5.32 Å². The zero-order chi connectivity index (χ0) is 29.8. The summed E-state index contributed by atoms with van der Waals surface area (Å²) in [4.78, 5) is 63.2. The van der Waals surface area contributed by atoms with Crippen molar-refractivity contribution in [1.29, 1.82) is 0 Å². The molecule has 11 nitrogen and oxygen atoms in total. The number of anilines is 1. The Morgan fingerprint density at radius 3 is 2.38 bits per heavy atom. The highest BCUT2D eigenvalue weighted by Gasteiger charge is 2.44. The number of phenols is 1. The number of rotatable bonds is 13. The molecule has 1 aromatic carbocycles. The third-order valence-corrected chi connectivity index (χ3v) is 7.16. The van der Waals surface area contributed by atoms with Crippen LogP contribution < -0.4 is 10.6 Å². The number of ether oxygens (including phenoxy) is 3. The lowest BCUT2D eigenvalue weighted by molar-refractivity contribution is -0.177. The molecule has 0 aliphatic carbocycles. The average molecular weight is 563 g/mol. The van der Waals surface area contributed by atoms with Crippen LogP contribution in [-0.4, -0.2) is 59.7 Å². The molecule has 6 atom stereocenters. The van der Waals surface area contributed by atoms with Crippen molar-refractivity contribution in [2.75, 3.05) is 5.32 Å². The Morgan fingerprint density at radius 2 is 1.73 bits per heavy atom. The van der Waals surface area contributed by atoms with E-state index in [1.165, 1.54) is 25.1 Å². The summed E-state index contributed by atoms with van der Waals surface area (Å²) in [6, 6.07) is 2.72. The van der Waals surface area contributed by atoms with Gasteiger partial charge in [-0.3, -0.25) is 19.2 Å². The van der Waals surface area contributed by atoms with Gasteiger partial charge in [-0.05, 0) is 38.8 Å². The Kier molecular flexibility index (Phi) is 12.9. The van der Waals surface area contributed by atoms with Crippen LogP contribution in [0.5, 0.6) is 5.75 Å². The van der Waals surface area contributed by atoms with Gasteiger partial charge in [-0.2, -0.15) is 0 Å². The summed E-state index contributed by atoms with van der Waals surface area (Å²) >= 11 is 0. The third kappa shape index (κ3) is 8.69. The van der Waals surface area contributed by atoms with Gasteiger partial charge in [0.1, 0.15) is 12.2 Å². The van der Waals surface area contributed by atoms with Crippen LogP contribution in [0.3, 0.4) is 0 Å². The molecule has 0 saturated carbocycles. The molecule has 3 N–H and O–H groups in total. The number of carbonyl (C=O) groups is 5. The molecule has 1 saturated heterocycles. The third-order valence-electron chi connectivity index (χ3n) is 7.16. The number of unbranched alkanes of at least 4 members (excludes halogenated alkanes) is 4. The van der Waals surface area contributed by atoms with E-state index in [9.17, 15) is 29.1 Å². The molecule has 1 fully saturated rings. The number of amides is 2. The number of esters is 3. The molecule has 6 unspecified atom stereocenters. The zero-order valence-corrected chi connectivity index (χ0v) is 23.9. The van der Waals surface area contributed by atoms with Crippen LogP contribution in [0.4, 0.5) is 5.69 Å². The Bertz CT molecular complexity index is 1040. The van der Waals surface area contributed by atoms with E-state index in [-0.39, 0.29) is 11.3 Å². The van der Waals surface area contributed by atoms with Gasteiger partial charge >= 0.3 is 17.9 Å². The molecule has 1 aliphatic rings. The molecule has 1 aromatic rings. The number of para-hydroxylation sites is 1. The first kappa shape index (κ1) is 32.6. The Hall–Kier alpha value is -3.63. The molecule has 0 radical (unpaired) electrons. The van der Waals surface area contributed by atoms with Crippen molar-refractivity contribution in [3.63, 3.8) is 0 Å². The molecule has 0 aromatic heterocycles. The largest absolute Gasteiger partial charge is 0.505 e. The maximum absolute atomic E-state index is 13.4. The molecule has 2 rings (SSSR count). The lowest BCUT2D eigenvalue weighted by Gasteiger charge is -2.30. The second kappa shape index (κ2) is 15.8. The van der Waals surface area contributed by atoms with Gasteiger partial charge in [-0.1, -0.05) is 58.9 Å². The van der Waals surface area contributed by atoms with Gasteiger partial charge in [0.25, 0.3) is 5.91 Å². The topological polar surface area (TPSA) is 157 Å². The van der Waals surface area contributed by atoms with Gasteiger partial charge in [-0.15, -0.1) is 0 Å². The first-order valence-electron chi connectivity index (χ1n) is 14.0. The molecule has 1 heterocycles. The fourth-order valence-electron chi connectivity index (χ4n) is 4.46. The fraction of sp³-hybridized carbons (Fsp3) is 0.621. The normalized spacial score (nSPS) is 23.9. The average Bonchev–Trinajstić information content (AvgIpc) is 2.94. The van der Waals surface area contributed by atoms with E-state index in [1.54, 1.807) is 13.8 Å². The van der Waals surface area contributed by atoms with Gasteiger partial charge in [0.05, 0.1) is 23.1 Å². The van der Waals surface area contributed by atoms with Crippen molar-refractivity contribution < 1.29 is 43.3 Å². The summed E-state index contributed by atoms with van der Waals surface area (Å²) in [5, 5.41) is 15.2. The van der Waals surface area contributed by atoms with Gasteiger partial charge in [0.15, 0.2) is 17.9 Å². The highest BCUT2D eigenvalue weighted by molar-refractivity contribution is 6.01. The highest BCUT2D eigenvalue weighted by Crippen LogP contribution is 2.29. The molecule has 222 valence electrons. The number of benzene rings is 1. The molecular formula is C29H42N2O9. The van der Waals surface area contributed by atoms with Crippen molar-refractivity contribution in [3.8, 4) is 5.75 Å². The molecule has 0 bridgehead atoms. The number of aromatic hydroxyl groups is 1. The molecule has 11 heteroatoms. The fourth-order valence-corrected chi connectivity index (χ4v) is 4.46. The van der Waals surface area contributed by atoms with Crippen molar-refractivity contribution in [2.45, 2.75) is 104 Å². The minimum atomic E-state index is -1.42. The maximum atomic E-state index is 13.4. The van der Waals surface area contributed by atoms with Crippen LogP contribution >= 0.6 is 0 Å². The van der Waals surface area contributed by atoms with E-state index < -0.39 is 65.8 Å². The van der Waals surface area contributed by atoms with Crippen molar-refractivity contribution in [3.05, 3.63) is 23.8 Å². The molecule has 2 amide bonds. The van der Waals surface area contributed by atoms with Gasteiger partial charge in [0.2, 0.25) is 6.41 Å². The summed E-state index contributed by atoms with van der Waals surface area (Å²) in [5.74, 6) is -4.69. The molecule has 1 aliphatic heterocycles. The first-order valence-corrected chi connectivity index (χ1v) is 14.0. The van der Waals surface area contributed by atoms with E-state index in [0.29, 0.717) is 25.7 Å². The monoisotopic (exact) mass is 562 g/mol. The number of phenolic OH excluding ortho intramolecular Hbond substituents is 1. The summed E-state index contributed by atoms with van der Waals surface area (Å²) < 4.78 is 17.1. The van der Waals surface area contributed by atoms with Gasteiger partial charge in [-0.25, -0.2) is 4.79 Å². The maximum Gasteiger partial charge on any atom is 0.332 e. The second-order valence-electron chi connectivity index (χ2n) is 10.2. The number of hydrogen-bond acceptors (Lipinski definition) is 9. The lowest BCUT2D eigenvalue weighted by atomic mass is 9.91. The molecule has 40 heavy (non-hydrogen) atoms. The smallest absolute Gasteiger partial charge is 0.332 e. The summed E-state index contributed by atoms with van der Waals surface area (Å²) in [6.07, 6.45) is 2.75. The van der Waals surface area contributed by atoms with Crippen LogP contribution in [0.15, 0.2) is 18.2 Å². The van der Waals surface area contributed by atoms with Crippen LogP contribution in [0.1, 0.15) is 89.9 Å². The second-order valence-corrected chi connectivity index (χ2v) is 10.2. The quantitative estimate of drug-likeness (QED) is 0.107. The van der Waals surface area contributed by atoms with E-state index in [2.05, 4.69) is 17.6 Å². The first-order chi connectivity index (χ1) is 19.0. The van der Waals surface area contributed by atoms with Crippen LogP contribution in [0.25, 0.3) is 0 Å². The number of cyclic esters (lactones) is 2. The SMILES string of the molecule is CCCCCCCC1C(=O)OC(C)C(NC(=O)c2cccc(NC=O)c2O)C(=O)OC(C)C1OC(=O)C(C)CC. The predicted molar refractivity (Wildman–Crippen MR) is 146 cm³/mol. The van der Waals surface area contributed by atoms with Crippen LogP contribution in [-0.2, 0) is 33.4 Å². The lowest BCUT2D eigenvalue weighted by Crippen LogP contribution is -2.50. The zero-order valence-electron chi connectivity index (χ0n) is 23.9. The summed E-state index contributed by atoms with van der Waals surface area (Å²) in [6.45, 7) is 8.65. The minimum Gasteiger partial charge on any atom is -0.505 e. The standard InChI is InChI=1S/C29H42N2O9/c1-6-8-9-10-11-13-21-25(40-27(35)17(3)7-2)19(5)39-29(37)23(18(4)38-28(21)36)31-26(34)20-14-12-15-22(24(20)33)30-16-32/h12,14-19,21,23,25,33H,6-11,13H2,1-5H3,(H,30,32)(H,31,34).